The maximum absolute atomic E-state index is 13.1. The van der Waals surface area contributed by atoms with Gasteiger partial charge in [-0.1, -0.05) is 12.1 Å². The molecular weight excluding hydrogens is 520 g/mol. The minimum atomic E-state index is -3.93. The lowest BCUT2D eigenvalue weighted by atomic mass is 10.3. The third-order valence-corrected chi connectivity index (χ3v) is 7.16. The molecular formula is C26H26N8O4S. The Morgan fingerprint density at radius 2 is 1.85 bits per heavy atom. The summed E-state index contributed by atoms with van der Waals surface area (Å²) in [5.74, 6) is 1.63. The van der Waals surface area contributed by atoms with E-state index >= 15 is 0 Å². The SMILES string of the molecule is CCOc1ccc(NS(=O)(=O)c2ccc(OC)c(N=Nc3c(C)nn(-c4nc5ccccc5[nH]4)c3N)c2)cc1. The van der Waals surface area contributed by atoms with Gasteiger partial charge < -0.3 is 20.2 Å². The lowest BCUT2D eigenvalue weighted by Gasteiger charge is -2.11. The van der Waals surface area contributed by atoms with Gasteiger partial charge in [0, 0.05) is 5.69 Å². The van der Waals surface area contributed by atoms with Crippen molar-refractivity contribution >= 4 is 43.9 Å². The summed E-state index contributed by atoms with van der Waals surface area (Å²) in [6.45, 7) is 4.13. The summed E-state index contributed by atoms with van der Waals surface area (Å²) in [4.78, 5) is 7.68. The van der Waals surface area contributed by atoms with Gasteiger partial charge >= 0.3 is 0 Å². The fraction of sp³-hybridized carbons (Fsp3) is 0.154. The number of anilines is 2. The first kappa shape index (κ1) is 25.7. The van der Waals surface area contributed by atoms with E-state index in [-0.39, 0.29) is 16.4 Å². The van der Waals surface area contributed by atoms with Crippen molar-refractivity contribution < 1.29 is 17.9 Å². The van der Waals surface area contributed by atoms with Crippen molar-refractivity contribution in [1.29, 1.82) is 0 Å². The predicted molar refractivity (Wildman–Crippen MR) is 148 cm³/mol. The number of aromatic amines is 1. The van der Waals surface area contributed by atoms with Gasteiger partial charge in [0.05, 0.1) is 35.3 Å². The van der Waals surface area contributed by atoms with E-state index in [1.807, 2.05) is 31.2 Å². The van der Waals surface area contributed by atoms with Gasteiger partial charge in [0.1, 0.15) is 17.2 Å². The molecule has 0 saturated carbocycles. The second-order valence-electron chi connectivity index (χ2n) is 8.41. The molecule has 0 saturated heterocycles. The van der Waals surface area contributed by atoms with E-state index in [9.17, 15) is 8.42 Å². The van der Waals surface area contributed by atoms with Crippen LogP contribution in [0.5, 0.6) is 11.5 Å². The zero-order valence-electron chi connectivity index (χ0n) is 21.4. The number of aryl methyl sites for hydroxylation is 1. The fourth-order valence-corrected chi connectivity index (χ4v) is 4.96. The number of benzene rings is 3. The van der Waals surface area contributed by atoms with Crippen LogP contribution < -0.4 is 19.9 Å². The van der Waals surface area contributed by atoms with Crippen LogP contribution in [0.3, 0.4) is 0 Å². The number of nitrogens with zero attached hydrogens (tertiary/aromatic N) is 5. The van der Waals surface area contributed by atoms with E-state index < -0.39 is 10.0 Å². The maximum Gasteiger partial charge on any atom is 0.261 e. The van der Waals surface area contributed by atoms with E-state index in [0.717, 1.165) is 11.0 Å². The number of azo groups is 1. The Morgan fingerprint density at radius 3 is 2.56 bits per heavy atom. The van der Waals surface area contributed by atoms with Gasteiger partial charge in [-0.15, -0.1) is 10.2 Å². The van der Waals surface area contributed by atoms with E-state index in [2.05, 4.69) is 30.0 Å². The van der Waals surface area contributed by atoms with Crippen LogP contribution in [0.25, 0.3) is 17.0 Å². The Morgan fingerprint density at radius 1 is 1.08 bits per heavy atom. The molecule has 5 aromatic rings. The van der Waals surface area contributed by atoms with Crippen molar-refractivity contribution in [3.63, 3.8) is 0 Å². The molecule has 13 heteroatoms. The largest absolute Gasteiger partial charge is 0.494 e. The first-order valence-electron chi connectivity index (χ1n) is 11.9. The van der Waals surface area contributed by atoms with Crippen molar-refractivity contribution in [2.75, 3.05) is 24.2 Å². The van der Waals surface area contributed by atoms with Gasteiger partial charge in [-0.05, 0) is 68.4 Å². The summed E-state index contributed by atoms with van der Waals surface area (Å²) >= 11 is 0. The molecule has 39 heavy (non-hydrogen) atoms. The molecule has 200 valence electrons. The second kappa shape index (κ2) is 10.5. The molecule has 0 aliphatic heterocycles. The number of nitrogens with one attached hydrogen (secondary N) is 2. The molecule has 3 aromatic carbocycles. The highest BCUT2D eigenvalue weighted by molar-refractivity contribution is 7.92. The smallest absolute Gasteiger partial charge is 0.261 e. The molecule has 0 amide bonds. The van der Waals surface area contributed by atoms with Crippen LogP contribution in [0.4, 0.5) is 22.9 Å². The number of fused-ring (bicyclic) bond motifs is 1. The summed E-state index contributed by atoms with van der Waals surface area (Å²) in [5.41, 5.74) is 9.37. The molecule has 2 aromatic heterocycles. The van der Waals surface area contributed by atoms with Gasteiger partial charge in [-0.2, -0.15) is 9.78 Å². The average molecular weight is 547 g/mol. The molecule has 0 aliphatic rings. The first-order chi connectivity index (χ1) is 18.8. The number of hydrogen-bond acceptors (Lipinski definition) is 9. The monoisotopic (exact) mass is 546 g/mol. The van der Waals surface area contributed by atoms with Crippen molar-refractivity contribution in [3.8, 4) is 17.4 Å². The zero-order valence-corrected chi connectivity index (χ0v) is 22.2. The van der Waals surface area contributed by atoms with E-state index in [1.54, 1.807) is 31.2 Å². The molecule has 0 bridgehead atoms. The molecule has 5 rings (SSSR count). The predicted octanol–water partition coefficient (Wildman–Crippen LogP) is 5.26. The van der Waals surface area contributed by atoms with Crippen LogP contribution in [-0.2, 0) is 10.0 Å². The maximum atomic E-state index is 13.1. The van der Waals surface area contributed by atoms with Gasteiger partial charge in [0.25, 0.3) is 10.0 Å². The minimum absolute atomic E-state index is 0.0196. The summed E-state index contributed by atoms with van der Waals surface area (Å²) in [6.07, 6.45) is 0. The number of ether oxygens (including phenoxy) is 2. The lowest BCUT2D eigenvalue weighted by molar-refractivity contribution is 0.340. The second-order valence-corrected chi connectivity index (χ2v) is 10.1. The van der Waals surface area contributed by atoms with Crippen molar-refractivity contribution in [2.24, 2.45) is 10.2 Å². The third-order valence-electron chi connectivity index (χ3n) is 5.78. The Labute approximate surface area is 224 Å². The number of H-pyrrole nitrogens is 1. The Bertz CT molecular complexity index is 1740. The number of nitrogen functional groups attached to an aromatic ring is 1. The number of methoxy groups -OCH3 is 1. The molecule has 0 fully saturated rings. The van der Waals surface area contributed by atoms with Gasteiger partial charge in [0.15, 0.2) is 11.5 Å². The minimum Gasteiger partial charge on any atom is -0.494 e. The lowest BCUT2D eigenvalue weighted by Crippen LogP contribution is -2.12. The summed E-state index contributed by atoms with van der Waals surface area (Å²) in [5, 5.41) is 13.0. The van der Waals surface area contributed by atoms with Crippen LogP contribution in [0, 0.1) is 6.92 Å². The Hall–Kier alpha value is -4.91. The van der Waals surface area contributed by atoms with Gasteiger partial charge in [-0.3, -0.25) is 4.72 Å². The number of aromatic nitrogens is 4. The summed E-state index contributed by atoms with van der Waals surface area (Å²) < 4.78 is 40.9. The van der Waals surface area contributed by atoms with Crippen molar-refractivity contribution in [1.82, 2.24) is 19.7 Å². The molecule has 2 heterocycles. The van der Waals surface area contributed by atoms with Crippen LogP contribution in [0.15, 0.2) is 81.9 Å². The topological polar surface area (TPSA) is 162 Å². The molecule has 4 N–H and O–H groups in total. The molecule has 0 aliphatic carbocycles. The fourth-order valence-electron chi connectivity index (χ4n) is 3.88. The zero-order chi connectivity index (χ0) is 27.6. The first-order valence-corrected chi connectivity index (χ1v) is 13.4. The number of hydrogen-bond donors (Lipinski definition) is 3. The standard InChI is InChI=1S/C26H26N8O4S/c1-4-38-18-11-9-17(10-12-18)33-39(35,36)19-13-14-23(37-3)22(15-19)30-31-24-16(2)32-34(25(24)27)26-28-20-7-5-6-8-21(20)29-26/h5-15,33H,4,27H2,1-3H3,(H,28,29). The number of nitrogens with two attached hydrogens (primary N) is 1. The summed E-state index contributed by atoms with van der Waals surface area (Å²) in [6, 6.07) is 18.5. The number of rotatable bonds is 9. The van der Waals surface area contributed by atoms with Crippen molar-refractivity contribution in [3.05, 3.63) is 72.4 Å². The van der Waals surface area contributed by atoms with Gasteiger partial charge in [0.2, 0.25) is 5.95 Å². The summed E-state index contributed by atoms with van der Waals surface area (Å²) in [7, 11) is -2.47. The Kier molecular flexibility index (Phi) is 6.90. The van der Waals surface area contributed by atoms with Gasteiger partial charge in [-0.25, -0.2) is 13.4 Å². The number of para-hydroxylation sites is 2. The Balaban J connectivity index is 1.43. The molecule has 0 radical (unpaired) electrons. The third kappa shape index (κ3) is 5.25. The highest BCUT2D eigenvalue weighted by Gasteiger charge is 2.19. The van der Waals surface area contributed by atoms with E-state index in [4.69, 9.17) is 15.2 Å². The number of imidazole rings is 1. The number of sulfonamides is 1. The highest BCUT2D eigenvalue weighted by Crippen LogP contribution is 2.35. The molecule has 0 unspecified atom stereocenters. The van der Waals surface area contributed by atoms with Crippen LogP contribution >= 0.6 is 0 Å². The normalized spacial score (nSPS) is 11.8. The van der Waals surface area contributed by atoms with E-state index in [0.29, 0.717) is 41.1 Å². The van der Waals surface area contributed by atoms with E-state index in [1.165, 1.54) is 30.0 Å². The van der Waals surface area contributed by atoms with Crippen molar-refractivity contribution in [2.45, 2.75) is 18.7 Å². The van der Waals surface area contributed by atoms with Crippen LogP contribution in [0.1, 0.15) is 12.6 Å². The molecule has 0 atom stereocenters. The molecule has 12 nitrogen and oxygen atoms in total. The highest BCUT2D eigenvalue weighted by atomic mass is 32.2. The quantitative estimate of drug-likeness (QED) is 0.212. The van der Waals surface area contributed by atoms with Crippen LogP contribution in [-0.4, -0.2) is 41.9 Å². The average Bonchev–Trinajstić information content (AvgIpc) is 3.48. The molecule has 0 spiro atoms. The van der Waals surface area contributed by atoms with Crippen LogP contribution in [0.2, 0.25) is 0 Å².